The van der Waals surface area contributed by atoms with Crippen molar-refractivity contribution in [1.29, 1.82) is 0 Å². The average Bonchev–Trinajstić information content (AvgIpc) is 1.65. The summed E-state index contributed by atoms with van der Waals surface area (Å²) >= 11 is 0. The van der Waals surface area contributed by atoms with Crippen LogP contribution in [0.15, 0.2) is 146 Å². The number of benzene rings is 6. The van der Waals surface area contributed by atoms with E-state index in [4.69, 9.17) is 14.6 Å². The SMILES string of the molecule is COC(=O)c1c(C(F)(F)F)nn2c1NCC2.COC(=O)c1c(C)nn2c1N(Cc1cccc(C)c1)CC2.COC(=O)c1ccc([C@H](C)NC(=O)c2c(C)nn3c2N(Cc2cccc(C)c2)CC3)cc1.Cc1cccc(CN2CCn3nc(C)c(C(=O)N[C@@H](C)c4ccc(C(=O)O)cc4)c32)c1.Cc1cccc(CN2CCn3nc(C)c(C(=O)O)c32)c1. The van der Waals surface area contributed by atoms with Gasteiger partial charge in [-0.15, -0.1) is 0 Å². The Morgan fingerprint density at radius 2 is 0.725 bits per heavy atom. The van der Waals surface area contributed by atoms with Crippen molar-refractivity contribution >= 4 is 70.8 Å². The number of carboxylic acids is 2. The first-order valence-corrected chi connectivity index (χ1v) is 39.3. The third kappa shape index (κ3) is 19.3. The summed E-state index contributed by atoms with van der Waals surface area (Å²) in [5.74, 6) is -0.533. The lowest BCUT2D eigenvalue weighted by Gasteiger charge is -2.20. The molecule has 628 valence electrons. The summed E-state index contributed by atoms with van der Waals surface area (Å²) in [6, 6.07) is 46.7. The van der Waals surface area contributed by atoms with E-state index in [0.717, 1.165) is 130 Å². The highest BCUT2D eigenvalue weighted by Gasteiger charge is 2.43. The number of carbonyl (C=O) groups excluding carboxylic acids is 5. The molecular formula is C88H98F3N17O12. The third-order valence-corrected chi connectivity index (χ3v) is 21.2. The molecule has 2 atom stereocenters. The summed E-state index contributed by atoms with van der Waals surface area (Å²) < 4.78 is 60.4. The zero-order valence-corrected chi connectivity index (χ0v) is 69.3. The molecule has 5 N–H and O–H groups in total. The quantitative estimate of drug-likeness (QED) is 0.0371. The van der Waals surface area contributed by atoms with Crippen molar-refractivity contribution in [3.8, 4) is 0 Å². The number of aromatic nitrogens is 10. The summed E-state index contributed by atoms with van der Waals surface area (Å²) in [6.07, 6.45) is -4.66. The number of carbonyl (C=O) groups is 7. The van der Waals surface area contributed by atoms with Crippen LogP contribution in [-0.2, 0) is 79.3 Å². The van der Waals surface area contributed by atoms with Crippen LogP contribution in [0.5, 0.6) is 0 Å². The van der Waals surface area contributed by atoms with Crippen molar-refractivity contribution < 1.29 is 71.2 Å². The Bertz CT molecular complexity index is 5650. The van der Waals surface area contributed by atoms with Gasteiger partial charge in [0, 0.05) is 58.9 Å². The average molecular weight is 1640 g/mol. The number of nitrogens with one attached hydrogen (secondary N) is 3. The molecule has 120 heavy (non-hydrogen) atoms. The Kier molecular flexibility index (Phi) is 26.4. The normalized spacial score (nSPS) is 13.7. The van der Waals surface area contributed by atoms with Gasteiger partial charge in [0.25, 0.3) is 11.8 Å². The summed E-state index contributed by atoms with van der Waals surface area (Å²) in [6.45, 7) is 29.5. The maximum atomic E-state index is 13.3. The zero-order valence-electron chi connectivity index (χ0n) is 69.3. The van der Waals surface area contributed by atoms with Gasteiger partial charge in [0.15, 0.2) is 5.69 Å². The lowest BCUT2D eigenvalue weighted by molar-refractivity contribution is -0.142. The second-order valence-corrected chi connectivity index (χ2v) is 30.1. The highest BCUT2D eigenvalue weighted by atomic mass is 19.4. The molecule has 16 rings (SSSR count). The van der Waals surface area contributed by atoms with Gasteiger partial charge in [-0.25, -0.2) is 47.4 Å². The summed E-state index contributed by atoms with van der Waals surface area (Å²) in [5.41, 5.74) is 15.3. The second kappa shape index (κ2) is 37.0. The summed E-state index contributed by atoms with van der Waals surface area (Å²) in [7, 11) is 3.79. The zero-order chi connectivity index (χ0) is 86.1. The lowest BCUT2D eigenvalue weighted by atomic mass is 10.1. The second-order valence-electron chi connectivity index (χ2n) is 30.1. The highest BCUT2D eigenvalue weighted by molar-refractivity contribution is 6.02. The fourth-order valence-electron chi connectivity index (χ4n) is 15.6. The first kappa shape index (κ1) is 85.8. The number of nitrogens with zero attached hydrogens (tertiary/aromatic N) is 14. The van der Waals surface area contributed by atoms with E-state index in [1.807, 2.05) is 72.9 Å². The van der Waals surface area contributed by atoms with Crippen LogP contribution in [-0.4, -0.2) is 155 Å². The first-order chi connectivity index (χ1) is 57.3. The number of halogens is 3. The summed E-state index contributed by atoms with van der Waals surface area (Å²) in [5, 5.41) is 48.6. The molecule has 6 aromatic carbocycles. The molecule has 0 unspecified atom stereocenters. The maximum absolute atomic E-state index is 13.3. The molecule has 0 aliphatic carbocycles. The van der Waals surface area contributed by atoms with Crippen LogP contribution in [0.25, 0.3) is 0 Å². The van der Waals surface area contributed by atoms with Crippen LogP contribution in [0.4, 0.5) is 42.3 Å². The number of amides is 2. The van der Waals surface area contributed by atoms with E-state index in [2.05, 4.69) is 178 Å². The van der Waals surface area contributed by atoms with Crippen LogP contribution in [0.3, 0.4) is 0 Å². The number of esters is 3. The Morgan fingerprint density at radius 1 is 0.400 bits per heavy atom. The molecule has 5 aliphatic rings. The van der Waals surface area contributed by atoms with Crippen molar-refractivity contribution in [3.05, 3.63) is 269 Å². The monoisotopic (exact) mass is 1640 g/mol. The molecule has 10 heterocycles. The van der Waals surface area contributed by atoms with E-state index in [-0.39, 0.29) is 47.2 Å². The standard InChI is InChI=1S/C25H28N4O3.C24H26N4O3.C16H19N3O2.C15H17N3O2.C8H8F3N3O2/c1-16-6-5-7-19(14-16)15-28-12-13-29-24(28)22(18(3)27-29)23(30)26-17(2)20-8-10-21(11-9-20)25(31)32-4;1-15-5-4-6-18(13-15)14-27-11-12-28-23(27)21(17(3)26-28)22(29)25-16(2)19-7-9-20(10-8-19)24(30)31;1-11-5-4-6-13(9-11)10-18-7-8-19-15(18)14(12(2)17-19)16(20)21-3;1-10-4-3-5-12(8-10)9-17-6-7-18-14(17)13(15(19)20)11(2)16-18;1-16-7(15)4-5(8(9,10)11)13-14-3-2-12-6(4)14/h5-11,14,17H,12-13,15H2,1-4H3,(H,26,30);4-10,13,16H,11-12,14H2,1-3H3,(H,25,29)(H,30,31);4-6,9H,7-8,10H2,1-3H3;3-5,8H,6-7,9H2,1-2H3,(H,19,20);12H,2-3H2,1H3/t17-;16-;;;/m00.../s1. The number of ether oxygens (including phenoxy) is 3. The van der Waals surface area contributed by atoms with Gasteiger partial charge in [-0.05, 0) is 127 Å². The fraction of sp³-hybridized carbons (Fsp3) is 0.341. The van der Waals surface area contributed by atoms with Gasteiger partial charge in [-0.3, -0.25) is 9.59 Å². The van der Waals surface area contributed by atoms with Crippen molar-refractivity contribution in [2.75, 3.05) is 79.0 Å². The number of rotatable bonds is 19. The molecular weight excluding hydrogens is 1540 g/mol. The first-order valence-electron chi connectivity index (χ1n) is 39.3. The van der Waals surface area contributed by atoms with Crippen molar-refractivity contribution in [2.24, 2.45) is 0 Å². The van der Waals surface area contributed by atoms with Crippen LogP contribution in [0.2, 0.25) is 0 Å². The minimum absolute atomic E-state index is 0.0687. The molecule has 2 amide bonds. The minimum atomic E-state index is -4.66. The molecule has 0 fully saturated rings. The maximum Gasteiger partial charge on any atom is 0.436 e. The van der Waals surface area contributed by atoms with E-state index in [1.54, 1.807) is 48.0 Å². The molecule has 0 saturated carbocycles. The molecule has 5 aromatic heterocycles. The number of alkyl halides is 3. The van der Waals surface area contributed by atoms with Crippen LogP contribution < -0.4 is 35.6 Å². The van der Waals surface area contributed by atoms with Gasteiger partial charge >= 0.3 is 36.0 Å². The number of methoxy groups -OCH3 is 3. The summed E-state index contributed by atoms with van der Waals surface area (Å²) in [4.78, 5) is 92.6. The number of carboxylic acid groups (broad SMARTS) is 2. The number of aryl methyl sites for hydroxylation is 8. The van der Waals surface area contributed by atoms with Crippen LogP contribution in [0, 0.1) is 55.4 Å². The molecule has 11 aromatic rings. The van der Waals surface area contributed by atoms with Crippen molar-refractivity contribution in [1.82, 2.24) is 59.5 Å². The number of anilines is 5. The number of hydrogen-bond donors (Lipinski definition) is 5. The Morgan fingerprint density at radius 3 is 1.06 bits per heavy atom. The third-order valence-electron chi connectivity index (χ3n) is 21.2. The molecule has 0 spiro atoms. The van der Waals surface area contributed by atoms with Crippen LogP contribution in [0.1, 0.15) is 183 Å². The Balaban J connectivity index is 0.000000141. The van der Waals surface area contributed by atoms with Crippen LogP contribution >= 0.6 is 0 Å². The molecule has 0 bridgehead atoms. The number of hydrogen-bond acceptors (Lipinski definition) is 20. The molecule has 5 aliphatic heterocycles. The Labute approximate surface area is 692 Å². The molecule has 32 heteroatoms. The topological polar surface area (TPSA) is 326 Å². The van der Waals surface area contributed by atoms with Gasteiger partial charge in [-0.1, -0.05) is 144 Å². The van der Waals surface area contributed by atoms with E-state index in [9.17, 15) is 51.8 Å². The highest BCUT2D eigenvalue weighted by Crippen LogP contribution is 2.38. The predicted octanol–water partition coefficient (Wildman–Crippen LogP) is 13.1. The predicted molar refractivity (Wildman–Crippen MR) is 445 cm³/mol. The van der Waals surface area contributed by atoms with E-state index < -0.39 is 35.3 Å². The van der Waals surface area contributed by atoms with Crippen molar-refractivity contribution in [2.45, 2.75) is 146 Å². The minimum Gasteiger partial charge on any atom is -0.478 e. The molecule has 0 radical (unpaired) electrons. The smallest absolute Gasteiger partial charge is 0.436 e. The van der Waals surface area contributed by atoms with Gasteiger partial charge < -0.3 is 60.0 Å². The molecule has 0 saturated heterocycles. The largest absolute Gasteiger partial charge is 0.478 e. The van der Waals surface area contributed by atoms with Crippen molar-refractivity contribution in [3.63, 3.8) is 0 Å². The Hall–Kier alpha value is -13.6. The molecule has 29 nitrogen and oxygen atoms in total. The number of fused-ring (bicyclic) bond motifs is 5. The number of aromatic carboxylic acids is 2. The van der Waals surface area contributed by atoms with Gasteiger partial charge in [0.1, 0.15) is 56.9 Å². The lowest BCUT2D eigenvalue weighted by Crippen LogP contribution is -2.29. The van der Waals surface area contributed by atoms with Gasteiger partial charge in [0.05, 0.1) is 100 Å². The fourth-order valence-corrected chi connectivity index (χ4v) is 15.6. The van der Waals surface area contributed by atoms with E-state index >= 15 is 0 Å². The van der Waals surface area contributed by atoms with E-state index in [1.165, 1.54) is 58.7 Å². The van der Waals surface area contributed by atoms with Gasteiger partial charge in [0.2, 0.25) is 0 Å². The van der Waals surface area contributed by atoms with Gasteiger partial charge in [-0.2, -0.15) is 38.7 Å². The van der Waals surface area contributed by atoms with E-state index in [0.29, 0.717) is 58.8 Å².